The van der Waals surface area contributed by atoms with Crippen LogP contribution in [-0.4, -0.2) is 4.90 Å². The third-order valence-electron chi connectivity index (χ3n) is 3.01. The lowest BCUT2D eigenvalue weighted by atomic mass is 10.0. The number of furan rings is 1. The van der Waals surface area contributed by atoms with Crippen LogP contribution in [-0.2, 0) is 13.1 Å². The summed E-state index contributed by atoms with van der Waals surface area (Å²) < 4.78 is 5.35. The first kappa shape index (κ1) is 12.8. The van der Waals surface area contributed by atoms with Crippen LogP contribution in [0.4, 0.5) is 0 Å². The third-order valence-corrected chi connectivity index (χ3v) is 3.01. The summed E-state index contributed by atoms with van der Waals surface area (Å²) in [5.41, 5.74) is 8.56. The fourth-order valence-electron chi connectivity index (χ4n) is 2.10. The highest BCUT2D eigenvalue weighted by Crippen LogP contribution is 2.23. The average molecular weight is 306 g/mol. The maximum atomic E-state index is 6.06. The van der Waals surface area contributed by atoms with Gasteiger partial charge < -0.3 is 32.0 Å². The SMILES string of the molecule is NC1=Cc2ccccc2CN1Cc1ccco1.[Br-]. The zero-order valence-corrected chi connectivity index (χ0v) is 11.4. The van der Waals surface area contributed by atoms with Gasteiger partial charge in [0.2, 0.25) is 0 Å². The molecule has 0 amide bonds. The Bertz CT molecular complexity index is 549. The van der Waals surface area contributed by atoms with Gasteiger partial charge in [-0.2, -0.15) is 0 Å². The van der Waals surface area contributed by atoms with Crippen molar-refractivity contribution in [2.75, 3.05) is 0 Å². The molecule has 1 aliphatic rings. The molecule has 0 saturated carbocycles. The van der Waals surface area contributed by atoms with Gasteiger partial charge in [-0.1, -0.05) is 24.3 Å². The van der Waals surface area contributed by atoms with E-state index in [0.29, 0.717) is 6.54 Å². The lowest BCUT2D eigenvalue weighted by molar-refractivity contribution is -0.00000400. The number of fused-ring (bicyclic) bond motifs is 1. The Morgan fingerprint density at radius 2 is 2.00 bits per heavy atom. The summed E-state index contributed by atoms with van der Waals surface area (Å²) in [6.45, 7) is 1.54. The Hall–Kier alpha value is -1.68. The van der Waals surface area contributed by atoms with Gasteiger partial charge in [-0.25, -0.2) is 0 Å². The predicted molar refractivity (Wildman–Crippen MR) is 66.6 cm³/mol. The van der Waals surface area contributed by atoms with E-state index in [0.717, 1.165) is 18.1 Å². The largest absolute Gasteiger partial charge is 1.00 e. The van der Waals surface area contributed by atoms with Crippen molar-refractivity contribution >= 4 is 6.08 Å². The first-order valence-electron chi connectivity index (χ1n) is 5.65. The van der Waals surface area contributed by atoms with Gasteiger partial charge in [-0.3, -0.25) is 0 Å². The summed E-state index contributed by atoms with van der Waals surface area (Å²) in [7, 11) is 0. The Morgan fingerprint density at radius 1 is 1.17 bits per heavy atom. The van der Waals surface area contributed by atoms with Crippen molar-refractivity contribution in [1.82, 2.24) is 4.90 Å². The molecule has 0 fully saturated rings. The second kappa shape index (κ2) is 5.31. The molecular weight excluding hydrogens is 292 g/mol. The summed E-state index contributed by atoms with van der Waals surface area (Å²) in [6.07, 6.45) is 3.70. The molecule has 3 rings (SSSR count). The number of hydrogen-bond acceptors (Lipinski definition) is 3. The van der Waals surface area contributed by atoms with Crippen molar-refractivity contribution in [1.29, 1.82) is 0 Å². The molecule has 1 aliphatic heterocycles. The van der Waals surface area contributed by atoms with Gasteiger partial charge in [0.05, 0.1) is 18.6 Å². The van der Waals surface area contributed by atoms with Crippen molar-refractivity contribution < 1.29 is 21.4 Å². The fourth-order valence-corrected chi connectivity index (χ4v) is 2.10. The van der Waals surface area contributed by atoms with E-state index >= 15 is 0 Å². The van der Waals surface area contributed by atoms with E-state index in [1.165, 1.54) is 11.1 Å². The van der Waals surface area contributed by atoms with Gasteiger partial charge in [-0.15, -0.1) is 0 Å². The van der Waals surface area contributed by atoms with E-state index in [1.807, 2.05) is 24.3 Å². The van der Waals surface area contributed by atoms with Gasteiger partial charge in [0, 0.05) is 6.54 Å². The molecule has 0 bridgehead atoms. The van der Waals surface area contributed by atoms with E-state index in [1.54, 1.807) is 6.26 Å². The van der Waals surface area contributed by atoms with Crippen LogP contribution >= 0.6 is 0 Å². The normalized spacial score (nSPS) is 13.6. The average Bonchev–Trinajstić information content (AvgIpc) is 2.83. The Balaban J connectivity index is 0.00000120. The van der Waals surface area contributed by atoms with E-state index in [9.17, 15) is 0 Å². The first-order valence-corrected chi connectivity index (χ1v) is 5.65. The molecule has 0 atom stereocenters. The third kappa shape index (κ3) is 2.43. The van der Waals surface area contributed by atoms with Crippen LogP contribution < -0.4 is 22.7 Å². The first-order chi connectivity index (χ1) is 8.33. The lowest BCUT2D eigenvalue weighted by Gasteiger charge is -2.28. The molecule has 3 nitrogen and oxygen atoms in total. The molecule has 0 aliphatic carbocycles. The van der Waals surface area contributed by atoms with Crippen LogP contribution in [0.5, 0.6) is 0 Å². The van der Waals surface area contributed by atoms with Crippen LogP contribution in [0.15, 0.2) is 52.9 Å². The van der Waals surface area contributed by atoms with Gasteiger partial charge >= 0.3 is 0 Å². The van der Waals surface area contributed by atoms with Gasteiger partial charge in [-0.05, 0) is 29.3 Å². The van der Waals surface area contributed by atoms with Crippen molar-refractivity contribution in [3.63, 3.8) is 0 Å². The van der Waals surface area contributed by atoms with Gasteiger partial charge in [0.25, 0.3) is 0 Å². The Labute approximate surface area is 117 Å². The van der Waals surface area contributed by atoms with E-state index < -0.39 is 0 Å². The second-order valence-corrected chi connectivity index (χ2v) is 4.20. The molecule has 2 aromatic rings. The number of nitrogens with two attached hydrogens (primary N) is 1. The van der Waals surface area contributed by atoms with Crippen molar-refractivity contribution in [3.8, 4) is 0 Å². The highest BCUT2D eigenvalue weighted by Gasteiger charge is 2.16. The van der Waals surface area contributed by atoms with Crippen molar-refractivity contribution in [3.05, 3.63) is 65.4 Å². The molecule has 0 unspecified atom stereocenters. The second-order valence-electron chi connectivity index (χ2n) is 4.20. The number of halogens is 1. The maximum Gasteiger partial charge on any atom is 0.123 e. The molecule has 2 N–H and O–H groups in total. The molecular formula is C14H14BrN2O-. The molecule has 0 radical (unpaired) electrons. The Kier molecular flexibility index (Phi) is 3.77. The molecule has 0 spiro atoms. The summed E-state index contributed by atoms with van der Waals surface area (Å²) in [5, 5.41) is 0. The van der Waals surface area contributed by atoms with Gasteiger partial charge in [0.15, 0.2) is 0 Å². The summed E-state index contributed by atoms with van der Waals surface area (Å²) >= 11 is 0. The molecule has 2 heterocycles. The van der Waals surface area contributed by atoms with E-state index in [-0.39, 0.29) is 17.0 Å². The Morgan fingerprint density at radius 3 is 2.78 bits per heavy atom. The summed E-state index contributed by atoms with van der Waals surface area (Å²) in [5.74, 6) is 1.72. The highest BCUT2D eigenvalue weighted by molar-refractivity contribution is 5.58. The monoisotopic (exact) mass is 305 g/mol. The van der Waals surface area contributed by atoms with Crippen LogP contribution in [0.3, 0.4) is 0 Å². The van der Waals surface area contributed by atoms with Gasteiger partial charge in [0.1, 0.15) is 5.76 Å². The molecule has 1 aromatic carbocycles. The molecule has 1 aromatic heterocycles. The number of benzene rings is 1. The number of rotatable bonds is 2. The smallest absolute Gasteiger partial charge is 0.123 e. The predicted octanol–water partition coefficient (Wildman–Crippen LogP) is -0.444. The topological polar surface area (TPSA) is 42.4 Å². The van der Waals surface area contributed by atoms with Crippen molar-refractivity contribution in [2.45, 2.75) is 13.1 Å². The standard InChI is InChI=1S/C14H14N2O.BrH/c15-14-8-11-4-1-2-5-12(11)9-16(14)10-13-6-3-7-17-13;/h1-8H,9-10,15H2;1H/p-1. The van der Waals surface area contributed by atoms with Crippen LogP contribution in [0, 0.1) is 0 Å². The zero-order chi connectivity index (χ0) is 11.7. The lowest BCUT2D eigenvalue weighted by Crippen LogP contribution is -3.00. The van der Waals surface area contributed by atoms with Crippen molar-refractivity contribution in [2.24, 2.45) is 5.73 Å². The molecule has 4 heteroatoms. The number of hydrogen-bond donors (Lipinski definition) is 1. The quantitative estimate of drug-likeness (QED) is 0.818. The number of nitrogens with zero attached hydrogens (tertiary/aromatic N) is 1. The summed E-state index contributed by atoms with van der Waals surface area (Å²) in [6, 6.07) is 12.2. The molecule has 0 saturated heterocycles. The molecule has 18 heavy (non-hydrogen) atoms. The zero-order valence-electron chi connectivity index (χ0n) is 9.84. The van der Waals surface area contributed by atoms with Crippen LogP contribution in [0.2, 0.25) is 0 Å². The minimum atomic E-state index is 0. The fraction of sp³-hybridized carbons (Fsp3) is 0.143. The highest BCUT2D eigenvalue weighted by atomic mass is 79.9. The summed E-state index contributed by atoms with van der Waals surface area (Å²) in [4.78, 5) is 2.11. The minimum absolute atomic E-state index is 0. The van der Waals surface area contributed by atoms with E-state index in [4.69, 9.17) is 10.2 Å². The minimum Gasteiger partial charge on any atom is -1.00 e. The van der Waals surface area contributed by atoms with Crippen LogP contribution in [0.1, 0.15) is 16.9 Å². The van der Waals surface area contributed by atoms with Crippen LogP contribution in [0.25, 0.3) is 6.08 Å². The maximum absolute atomic E-state index is 6.06. The van der Waals surface area contributed by atoms with E-state index in [2.05, 4.69) is 23.1 Å². The molecule has 94 valence electrons.